The van der Waals surface area contributed by atoms with Gasteiger partial charge in [0.1, 0.15) is 6.04 Å². The fraction of sp³-hybridized carbons (Fsp3) is 0.750. The minimum absolute atomic E-state index is 0.0199. The molecule has 4 N–H and O–H groups in total. The van der Waals surface area contributed by atoms with Crippen LogP contribution in [0.5, 0.6) is 0 Å². The summed E-state index contributed by atoms with van der Waals surface area (Å²) in [6, 6.07) is -1.20. The van der Waals surface area contributed by atoms with Crippen LogP contribution < -0.4 is 15.7 Å². The molecule has 13 heteroatoms. The maximum Gasteiger partial charge on any atom is 0.407 e. The first kappa shape index (κ1) is 25.6. The largest absolute Gasteiger partial charge is 0.480 e. The number of carbonyl (C=O) groups is 4. The van der Waals surface area contributed by atoms with Crippen LogP contribution in [0.3, 0.4) is 0 Å². The molecule has 0 aromatic rings. The van der Waals surface area contributed by atoms with Gasteiger partial charge >= 0.3 is 13.7 Å². The standard InChI is InChI=1S/C16H28N3O8PS/c1-10(15(23)24)19-28(25)26-9-16(3,4)13(27-28)14(22)18-6-5-12(21)17-7-8-29-11(2)20/h10,13H,5-9H2,1-4H3,(H,17,21)(H,18,22)(H,19,25)(H,23,24)/t10-,13-,28?/m0/s1. The number of amides is 2. The summed E-state index contributed by atoms with van der Waals surface area (Å²) < 4.78 is 23.2. The van der Waals surface area contributed by atoms with E-state index >= 15 is 0 Å². The van der Waals surface area contributed by atoms with Crippen LogP contribution >= 0.6 is 19.5 Å². The smallest absolute Gasteiger partial charge is 0.407 e. The second kappa shape index (κ2) is 11.1. The predicted molar refractivity (Wildman–Crippen MR) is 106 cm³/mol. The molecule has 1 aliphatic heterocycles. The molecular weight excluding hydrogens is 425 g/mol. The van der Waals surface area contributed by atoms with Crippen LogP contribution in [0.25, 0.3) is 0 Å². The maximum atomic E-state index is 12.6. The van der Waals surface area contributed by atoms with Crippen molar-refractivity contribution in [3.63, 3.8) is 0 Å². The van der Waals surface area contributed by atoms with Gasteiger partial charge in [0.15, 0.2) is 11.2 Å². The normalized spacial score (nSPS) is 24.3. The molecular formula is C16H28N3O8PS. The van der Waals surface area contributed by atoms with E-state index in [1.807, 2.05) is 0 Å². The van der Waals surface area contributed by atoms with Gasteiger partial charge in [-0.2, -0.15) is 0 Å². The van der Waals surface area contributed by atoms with Gasteiger partial charge in [-0.3, -0.25) is 28.2 Å². The lowest BCUT2D eigenvalue weighted by Crippen LogP contribution is -2.51. The van der Waals surface area contributed by atoms with E-state index in [-0.39, 0.29) is 30.6 Å². The predicted octanol–water partition coefficient (Wildman–Crippen LogP) is 0.501. The first-order chi connectivity index (χ1) is 13.4. The summed E-state index contributed by atoms with van der Waals surface area (Å²) in [5.41, 5.74) is -0.821. The van der Waals surface area contributed by atoms with Crippen molar-refractivity contribution in [1.82, 2.24) is 15.7 Å². The van der Waals surface area contributed by atoms with Crippen LogP contribution in [0.15, 0.2) is 0 Å². The Morgan fingerprint density at radius 3 is 2.48 bits per heavy atom. The van der Waals surface area contributed by atoms with Crippen LogP contribution in [0, 0.1) is 5.41 Å². The van der Waals surface area contributed by atoms with Gasteiger partial charge in [0.2, 0.25) is 11.8 Å². The van der Waals surface area contributed by atoms with E-state index in [0.29, 0.717) is 12.3 Å². The Kier molecular flexibility index (Phi) is 9.77. The highest BCUT2D eigenvalue weighted by Crippen LogP contribution is 2.53. The van der Waals surface area contributed by atoms with Crippen LogP contribution in [0.4, 0.5) is 0 Å². The third-order valence-corrected chi connectivity index (χ3v) is 6.38. The van der Waals surface area contributed by atoms with Gasteiger partial charge in [0.25, 0.3) is 0 Å². The first-order valence-corrected chi connectivity index (χ1v) is 11.5. The quantitative estimate of drug-likeness (QED) is 0.271. The highest BCUT2D eigenvalue weighted by Gasteiger charge is 2.48. The summed E-state index contributed by atoms with van der Waals surface area (Å²) in [6.45, 7) is 6.36. The molecule has 166 valence electrons. The zero-order valence-electron chi connectivity index (χ0n) is 16.9. The Morgan fingerprint density at radius 2 is 1.90 bits per heavy atom. The van der Waals surface area contributed by atoms with E-state index < -0.39 is 37.2 Å². The average molecular weight is 453 g/mol. The van der Waals surface area contributed by atoms with E-state index in [1.54, 1.807) is 13.8 Å². The fourth-order valence-electron chi connectivity index (χ4n) is 2.27. The molecule has 0 aromatic heterocycles. The van der Waals surface area contributed by atoms with E-state index in [4.69, 9.17) is 14.2 Å². The van der Waals surface area contributed by atoms with Crippen molar-refractivity contribution in [2.24, 2.45) is 5.41 Å². The number of carbonyl (C=O) groups excluding carboxylic acids is 3. The minimum Gasteiger partial charge on any atom is -0.480 e. The molecule has 11 nitrogen and oxygen atoms in total. The zero-order valence-corrected chi connectivity index (χ0v) is 18.6. The Labute approximate surface area is 173 Å². The second-order valence-corrected chi connectivity index (χ2v) is 10.2. The summed E-state index contributed by atoms with van der Waals surface area (Å²) in [4.78, 5) is 46.0. The zero-order chi connectivity index (χ0) is 22.2. The Morgan fingerprint density at radius 1 is 1.24 bits per heavy atom. The topological polar surface area (TPSA) is 160 Å². The van der Waals surface area contributed by atoms with Crippen molar-refractivity contribution in [3.05, 3.63) is 0 Å². The summed E-state index contributed by atoms with van der Waals surface area (Å²) in [5, 5.41) is 16.4. The molecule has 1 aliphatic rings. The maximum absolute atomic E-state index is 12.6. The molecule has 1 fully saturated rings. The molecule has 0 saturated carbocycles. The molecule has 1 heterocycles. The van der Waals surface area contributed by atoms with Gasteiger partial charge in [0.05, 0.1) is 6.61 Å². The number of nitrogens with one attached hydrogen (secondary N) is 3. The van der Waals surface area contributed by atoms with Gasteiger partial charge in [-0.15, -0.1) is 0 Å². The molecule has 1 unspecified atom stereocenters. The molecule has 1 rings (SSSR count). The lowest BCUT2D eigenvalue weighted by molar-refractivity contribution is -0.140. The molecule has 0 bridgehead atoms. The minimum atomic E-state index is -3.99. The number of carboxylic acid groups (broad SMARTS) is 1. The number of hydrogen-bond acceptors (Lipinski definition) is 8. The van der Waals surface area contributed by atoms with Crippen LogP contribution in [-0.2, 0) is 32.8 Å². The summed E-state index contributed by atoms with van der Waals surface area (Å²) in [5.74, 6) is -1.65. The van der Waals surface area contributed by atoms with Gasteiger partial charge in [0, 0.05) is 37.6 Å². The highest BCUT2D eigenvalue weighted by molar-refractivity contribution is 8.13. The third-order valence-electron chi connectivity index (χ3n) is 3.90. The van der Waals surface area contributed by atoms with E-state index in [1.165, 1.54) is 13.8 Å². The molecule has 1 saturated heterocycles. The van der Waals surface area contributed by atoms with Crippen LogP contribution in [0.1, 0.15) is 34.1 Å². The number of carboxylic acids is 1. The second-order valence-electron chi connectivity index (χ2n) is 7.16. The number of aliphatic carboxylic acids is 1. The number of rotatable bonds is 10. The molecule has 0 radical (unpaired) electrons. The van der Waals surface area contributed by atoms with Crippen LogP contribution in [-0.4, -0.2) is 65.6 Å². The Balaban J connectivity index is 2.53. The van der Waals surface area contributed by atoms with Gasteiger partial charge in [-0.1, -0.05) is 25.6 Å². The Hall–Kier alpha value is -1.46. The van der Waals surface area contributed by atoms with Crippen LogP contribution in [0.2, 0.25) is 0 Å². The van der Waals surface area contributed by atoms with E-state index in [2.05, 4.69) is 15.7 Å². The highest BCUT2D eigenvalue weighted by atomic mass is 32.2. The third kappa shape index (κ3) is 8.83. The molecule has 3 atom stereocenters. The van der Waals surface area contributed by atoms with E-state index in [0.717, 1.165) is 11.8 Å². The van der Waals surface area contributed by atoms with Crippen molar-refractivity contribution < 1.29 is 37.9 Å². The molecule has 0 aromatic carbocycles. The average Bonchev–Trinajstić information content (AvgIpc) is 2.60. The van der Waals surface area contributed by atoms with Crippen molar-refractivity contribution in [1.29, 1.82) is 0 Å². The van der Waals surface area contributed by atoms with Gasteiger partial charge < -0.3 is 15.7 Å². The van der Waals surface area contributed by atoms with Gasteiger partial charge in [-0.05, 0) is 6.92 Å². The van der Waals surface area contributed by atoms with Crippen molar-refractivity contribution >= 4 is 42.4 Å². The number of thioether (sulfide) groups is 1. The summed E-state index contributed by atoms with van der Waals surface area (Å²) >= 11 is 1.11. The van der Waals surface area contributed by atoms with Crippen molar-refractivity contribution in [3.8, 4) is 0 Å². The van der Waals surface area contributed by atoms with Gasteiger partial charge in [-0.25, -0.2) is 9.65 Å². The SMILES string of the molecule is CC(=O)SCCNC(=O)CCNC(=O)[C@@H]1OP(=O)(N[C@@H](C)C(=O)O)OCC1(C)C. The Bertz CT molecular complexity index is 687. The van der Waals surface area contributed by atoms with E-state index in [9.17, 15) is 23.7 Å². The molecule has 2 amide bonds. The summed E-state index contributed by atoms with van der Waals surface area (Å²) in [7, 11) is -3.99. The lowest BCUT2D eigenvalue weighted by Gasteiger charge is -2.40. The number of hydrogen-bond donors (Lipinski definition) is 4. The fourth-order valence-corrected chi connectivity index (χ4v) is 4.70. The molecule has 0 spiro atoms. The monoisotopic (exact) mass is 453 g/mol. The first-order valence-electron chi connectivity index (χ1n) is 8.97. The molecule has 29 heavy (non-hydrogen) atoms. The van der Waals surface area contributed by atoms with Crippen molar-refractivity contribution in [2.75, 3.05) is 25.4 Å². The van der Waals surface area contributed by atoms with Crippen molar-refractivity contribution in [2.45, 2.75) is 46.3 Å². The summed E-state index contributed by atoms with van der Waals surface area (Å²) in [6.07, 6.45) is -1.14. The lowest BCUT2D eigenvalue weighted by atomic mass is 9.87. The molecule has 0 aliphatic carbocycles.